The molecule has 3 atom stereocenters. The van der Waals surface area contributed by atoms with Crippen molar-refractivity contribution >= 4 is 33.5 Å². The van der Waals surface area contributed by atoms with Crippen molar-refractivity contribution in [2.75, 3.05) is 0 Å². The number of amides is 2. The zero-order chi connectivity index (χ0) is 17.0. The second-order valence-electron chi connectivity index (χ2n) is 7.04. The van der Waals surface area contributed by atoms with Crippen LogP contribution in [-0.4, -0.2) is 22.4 Å². The molecule has 2 N–H and O–H groups in total. The molecule has 124 valence electrons. The monoisotopic (exact) mass is 382 g/mol. The van der Waals surface area contributed by atoms with Gasteiger partial charge in [0.1, 0.15) is 0 Å². The highest BCUT2D eigenvalue weighted by molar-refractivity contribution is 9.10. The van der Waals surface area contributed by atoms with E-state index >= 15 is 0 Å². The van der Waals surface area contributed by atoms with Gasteiger partial charge in [-0.3, -0.25) is 25.2 Å². The number of nitrogens with one attached hydrogen (secondary N) is 2. The van der Waals surface area contributed by atoms with Crippen LogP contribution in [0.5, 0.6) is 0 Å². The van der Waals surface area contributed by atoms with Crippen molar-refractivity contribution in [1.82, 2.24) is 10.9 Å². The minimum Gasteiger partial charge on any atom is -0.459 e. The summed E-state index contributed by atoms with van der Waals surface area (Å²) in [6.45, 7) is 5.83. The van der Waals surface area contributed by atoms with Gasteiger partial charge in [-0.1, -0.05) is 36.7 Å². The first kappa shape index (κ1) is 16.2. The largest absolute Gasteiger partial charge is 0.459 e. The molecule has 2 fully saturated rings. The predicted octanol–water partition coefficient (Wildman–Crippen LogP) is 2.20. The van der Waals surface area contributed by atoms with Crippen molar-refractivity contribution in [2.45, 2.75) is 38.4 Å². The van der Waals surface area contributed by atoms with Gasteiger partial charge in [0.15, 0.2) is 11.5 Å². The summed E-state index contributed by atoms with van der Waals surface area (Å²) >= 11 is 3.43. The summed E-state index contributed by atoms with van der Waals surface area (Å²) < 4.78 is 4.98. The van der Waals surface area contributed by atoms with E-state index in [-0.39, 0.29) is 17.5 Å². The van der Waals surface area contributed by atoms with E-state index in [1.807, 2.05) is 20.8 Å². The van der Waals surface area contributed by atoms with Gasteiger partial charge in [0, 0.05) is 5.41 Å². The van der Waals surface area contributed by atoms with E-state index in [9.17, 15) is 14.4 Å². The van der Waals surface area contributed by atoms with Gasteiger partial charge < -0.3 is 4.42 Å². The van der Waals surface area contributed by atoms with Crippen LogP contribution in [0.4, 0.5) is 0 Å². The smallest absolute Gasteiger partial charge is 0.305 e. The summed E-state index contributed by atoms with van der Waals surface area (Å²) in [4.78, 5) is 36.8. The fraction of sp³-hybridized carbons (Fsp3) is 0.562. The third-order valence-electron chi connectivity index (χ3n) is 6.16. The molecule has 1 aromatic rings. The Morgan fingerprint density at radius 1 is 1.26 bits per heavy atom. The molecule has 2 saturated carbocycles. The Balaban J connectivity index is 1.82. The van der Waals surface area contributed by atoms with Crippen LogP contribution < -0.4 is 10.9 Å². The van der Waals surface area contributed by atoms with Crippen molar-refractivity contribution in [3.05, 3.63) is 24.2 Å². The summed E-state index contributed by atoms with van der Waals surface area (Å²) in [6.07, 6.45) is 2.65. The third-order valence-corrected chi connectivity index (χ3v) is 7.36. The van der Waals surface area contributed by atoms with Gasteiger partial charge in [0.2, 0.25) is 5.91 Å². The van der Waals surface area contributed by atoms with E-state index in [0.717, 1.165) is 0 Å². The number of Topliss-reactive ketones (excluding diaryl/α,β-unsaturated/α-hetero) is 1. The highest BCUT2D eigenvalue weighted by Gasteiger charge is 2.76. The summed E-state index contributed by atoms with van der Waals surface area (Å²) in [5.74, 6) is -0.718. The number of hydrogen-bond acceptors (Lipinski definition) is 4. The molecule has 3 unspecified atom stereocenters. The maximum Gasteiger partial charge on any atom is 0.305 e. The second-order valence-corrected chi connectivity index (χ2v) is 7.96. The fourth-order valence-electron chi connectivity index (χ4n) is 4.15. The number of carbonyl (C=O) groups excluding carboxylic acids is 3. The average molecular weight is 383 g/mol. The molecule has 0 saturated heterocycles. The number of hydrogen-bond donors (Lipinski definition) is 2. The van der Waals surface area contributed by atoms with Crippen LogP contribution in [0.15, 0.2) is 22.8 Å². The first-order valence-electron chi connectivity index (χ1n) is 7.51. The van der Waals surface area contributed by atoms with E-state index < -0.39 is 27.0 Å². The van der Waals surface area contributed by atoms with Crippen LogP contribution in [-0.2, 0) is 9.59 Å². The van der Waals surface area contributed by atoms with E-state index in [0.29, 0.717) is 12.8 Å². The predicted molar refractivity (Wildman–Crippen MR) is 85.6 cm³/mol. The highest BCUT2D eigenvalue weighted by Crippen LogP contribution is 2.72. The van der Waals surface area contributed by atoms with Gasteiger partial charge in [-0.05, 0) is 30.4 Å². The molecule has 0 aliphatic heterocycles. The third kappa shape index (κ3) is 1.83. The Bertz CT molecular complexity index is 684. The topological polar surface area (TPSA) is 88.4 Å². The molecular formula is C16H19BrN2O4. The normalized spacial score (nSPS) is 34.4. The van der Waals surface area contributed by atoms with E-state index in [1.54, 1.807) is 6.07 Å². The van der Waals surface area contributed by atoms with Gasteiger partial charge in [0.05, 0.1) is 16.5 Å². The average Bonchev–Trinajstić information content (AvgIpc) is 3.13. The lowest BCUT2D eigenvalue weighted by Crippen LogP contribution is -2.55. The number of furan rings is 1. The number of fused-ring (bicyclic) bond motifs is 2. The first-order valence-corrected chi connectivity index (χ1v) is 8.43. The Hall–Kier alpha value is -1.63. The number of rotatable bonds is 2. The molecule has 2 bridgehead atoms. The van der Waals surface area contributed by atoms with Gasteiger partial charge in [-0.2, -0.15) is 0 Å². The first-order chi connectivity index (χ1) is 10.7. The number of alkyl halides is 1. The Morgan fingerprint density at radius 3 is 2.48 bits per heavy atom. The van der Waals surface area contributed by atoms with Gasteiger partial charge in [-0.25, -0.2) is 0 Å². The van der Waals surface area contributed by atoms with Gasteiger partial charge in [0.25, 0.3) is 0 Å². The Morgan fingerprint density at radius 2 is 1.96 bits per heavy atom. The van der Waals surface area contributed by atoms with Crippen LogP contribution in [0.3, 0.4) is 0 Å². The standard InChI is InChI=1S/C16H19BrN2O4/c1-14(2)15(3)6-7-16(14,10(17)11(15)20)13(22)19-18-12(21)9-5-4-8-23-9/h4-5,8,10H,6-7H2,1-3H3,(H,18,21)(H,19,22). The fourth-order valence-corrected chi connectivity index (χ4v) is 5.66. The minimum absolute atomic E-state index is 0.0567. The molecule has 1 aromatic heterocycles. The van der Waals surface area contributed by atoms with Crippen LogP contribution in [0.25, 0.3) is 0 Å². The van der Waals surface area contributed by atoms with Crippen molar-refractivity contribution in [3.63, 3.8) is 0 Å². The zero-order valence-electron chi connectivity index (χ0n) is 13.2. The lowest BCUT2D eigenvalue weighted by Gasteiger charge is -2.39. The van der Waals surface area contributed by atoms with E-state index in [4.69, 9.17) is 4.42 Å². The van der Waals surface area contributed by atoms with Crippen LogP contribution in [0.1, 0.15) is 44.2 Å². The summed E-state index contributed by atoms with van der Waals surface area (Å²) in [6, 6.07) is 3.09. The van der Waals surface area contributed by atoms with Crippen molar-refractivity contribution in [1.29, 1.82) is 0 Å². The van der Waals surface area contributed by atoms with Gasteiger partial charge in [-0.15, -0.1) is 0 Å². The highest BCUT2D eigenvalue weighted by atomic mass is 79.9. The lowest BCUT2D eigenvalue weighted by molar-refractivity contribution is -0.136. The molecule has 6 nitrogen and oxygen atoms in total. The number of carbonyl (C=O) groups is 3. The molecule has 3 rings (SSSR count). The molecule has 1 heterocycles. The number of ketones is 1. The summed E-state index contributed by atoms with van der Waals surface area (Å²) in [5.41, 5.74) is 2.91. The molecule has 0 radical (unpaired) electrons. The molecular weight excluding hydrogens is 364 g/mol. The molecule has 23 heavy (non-hydrogen) atoms. The molecule has 2 aliphatic rings. The minimum atomic E-state index is -0.880. The Kier molecular flexibility index (Phi) is 3.48. The Labute approximate surface area is 142 Å². The van der Waals surface area contributed by atoms with E-state index in [1.165, 1.54) is 12.3 Å². The number of halogens is 1. The van der Waals surface area contributed by atoms with Crippen LogP contribution >= 0.6 is 15.9 Å². The molecule has 7 heteroatoms. The zero-order valence-corrected chi connectivity index (χ0v) is 14.8. The van der Waals surface area contributed by atoms with Crippen LogP contribution in [0.2, 0.25) is 0 Å². The molecule has 0 spiro atoms. The van der Waals surface area contributed by atoms with Crippen molar-refractivity contribution in [2.24, 2.45) is 16.2 Å². The van der Waals surface area contributed by atoms with E-state index in [2.05, 4.69) is 26.8 Å². The number of hydrazine groups is 1. The quantitative estimate of drug-likeness (QED) is 0.606. The maximum atomic E-state index is 12.9. The SMILES string of the molecule is CC12CCC(C(=O)NNC(=O)c3ccco3)(C(Br)C1=O)C2(C)C. The summed E-state index contributed by atoms with van der Waals surface area (Å²) in [7, 11) is 0. The van der Waals surface area contributed by atoms with Crippen molar-refractivity contribution < 1.29 is 18.8 Å². The van der Waals surface area contributed by atoms with Crippen LogP contribution in [0, 0.1) is 16.2 Å². The summed E-state index contributed by atoms with van der Waals surface area (Å²) in [5, 5.41) is 0. The van der Waals surface area contributed by atoms with Crippen molar-refractivity contribution in [3.8, 4) is 0 Å². The second kappa shape index (κ2) is 4.93. The molecule has 2 amide bonds. The lowest BCUT2D eigenvalue weighted by atomic mass is 9.64. The maximum absolute atomic E-state index is 12.9. The van der Waals surface area contributed by atoms with Gasteiger partial charge >= 0.3 is 5.91 Å². The molecule has 2 aliphatic carbocycles. The molecule has 0 aromatic carbocycles.